The Balaban J connectivity index is 2.11. The van der Waals surface area contributed by atoms with E-state index < -0.39 is 0 Å². The fraction of sp³-hybridized carbons (Fsp3) is 0.500. The van der Waals surface area contributed by atoms with Gasteiger partial charge in [-0.05, 0) is 37.0 Å². The van der Waals surface area contributed by atoms with Crippen LogP contribution in [0.1, 0.15) is 31.7 Å². The van der Waals surface area contributed by atoms with Gasteiger partial charge < -0.3 is 10.6 Å². The van der Waals surface area contributed by atoms with Crippen LogP contribution in [0, 0.1) is 11.7 Å². The molecule has 18 heavy (non-hydrogen) atoms. The highest BCUT2D eigenvalue weighted by molar-refractivity contribution is 7.80. The zero-order valence-corrected chi connectivity index (χ0v) is 11.5. The van der Waals surface area contributed by atoms with Crippen molar-refractivity contribution in [1.29, 1.82) is 0 Å². The molecule has 1 saturated heterocycles. The van der Waals surface area contributed by atoms with Gasteiger partial charge in [0.15, 0.2) is 0 Å². The minimum atomic E-state index is -0.322. The third-order valence-electron chi connectivity index (χ3n) is 3.78. The molecule has 0 amide bonds. The van der Waals surface area contributed by atoms with Gasteiger partial charge in [-0.1, -0.05) is 25.6 Å². The molecule has 1 aromatic rings. The smallest absolute Gasteiger partial charge is 0.135 e. The molecule has 0 spiro atoms. The number of nitrogens with zero attached hydrogens (tertiary/aromatic N) is 1. The number of anilines is 1. The average Bonchev–Trinajstić information content (AvgIpc) is 2.38. The normalized spacial score (nSPS) is 16.9. The quantitative estimate of drug-likeness (QED) is 0.853. The number of rotatable bonds is 3. The van der Waals surface area contributed by atoms with Gasteiger partial charge in [-0.25, -0.2) is 4.39 Å². The molecule has 0 aromatic heterocycles. The summed E-state index contributed by atoms with van der Waals surface area (Å²) in [4.78, 5) is 2.35. The van der Waals surface area contributed by atoms with Gasteiger partial charge in [0, 0.05) is 24.3 Å². The third-order valence-corrected chi connectivity index (χ3v) is 4.00. The molecule has 1 heterocycles. The fourth-order valence-electron chi connectivity index (χ4n) is 2.50. The molecule has 2 rings (SSSR count). The maximum Gasteiger partial charge on any atom is 0.135 e. The molecule has 4 heteroatoms. The molecule has 1 aliphatic heterocycles. The van der Waals surface area contributed by atoms with Crippen molar-refractivity contribution >= 4 is 22.9 Å². The van der Waals surface area contributed by atoms with Gasteiger partial charge in [0.1, 0.15) is 10.8 Å². The van der Waals surface area contributed by atoms with Gasteiger partial charge in [-0.3, -0.25) is 0 Å². The Morgan fingerprint density at radius 1 is 1.44 bits per heavy atom. The summed E-state index contributed by atoms with van der Waals surface area (Å²) in [6.45, 7) is 4.24. The van der Waals surface area contributed by atoms with E-state index in [1.54, 1.807) is 12.1 Å². The van der Waals surface area contributed by atoms with Gasteiger partial charge in [0.05, 0.1) is 0 Å². The number of halogens is 1. The number of nitrogens with two attached hydrogens (primary N) is 1. The van der Waals surface area contributed by atoms with Crippen molar-refractivity contribution in [3.8, 4) is 0 Å². The number of hydrogen-bond donors (Lipinski definition) is 1. The molecule has 1 fully saturated rings. The Hall–Kier alpha value is -1.16. The van der Waals surface area contributed by atoms with Gasteiger partial charge in [-0.15, -0.1) is 0 Å². The van der Waals surface area contributed by atoms with E-state index in [4.69, 9.17) is 18.0 Å². The van der Waals surface area contributed by atoms with Crippen LogP contribution in [0.5, 0.6) is 0 Å². The highest BCUT2D eigenvalue weighted by Gasteiger charge is 2.18. The van der Waals surface area contributed by atoms with Crippen molar-refractivity contribution in [2.24, 2.45) is 11.7 Å². The molecule has 0 radical (unpaired) electrons. The number of benzene rings is 1. The highest BCUT2D eigenvalue weighted by atomic mass is 32.1. The van der Waals surface area contributed by atoms with Crippen LogP contribution in [0.4, 0.5) is 10.1 Å². The Kier molecular flexibility index (Phi) is 4.17. The van der Waals surface area contributed by atoms with Crippen molar-refractivity contribution in [2.75, 3.05) is 18.0 Å². The minimum absolute atomic E-state index is 0.115. The van der Waals surface area contributed by atoms with E-state index in [1.165, 1.54) is 19.3 Å². The highest BCUT2D eigenvalue weighted by Crippen LogP contribution is 2.26. The maximum absolute atomic E-state index is 13.8. The van der Waals surface area contributed by atoms with Crippen LogP contribution < -0.4 is 10.6 Å². The van der Waals surface area contributed by atoms with E-state index in [1.807, 2.05) is 6.07 Å². The van der Waals surface area contributed by atoms with E-state index in [2.05, 4.69) is 11.8 Å². The fourth-order valence-corrected chi connectivity index (χ4v) is 2.67. The van der Waals surface area contributed by atoms with Crippen molar-refractivity contribution in [1.82, 2.24) is 0 Å². The molecule has 1 aliphatic rings. The van der Waals surface area contributed by atoms with Crippen LogP contribution in [0.25, 0.3) is 0 Å². The van der Waals surface area contributed by atoms with Crippen molar-refractivity contribution in [3.05, 3.63) is 29.6 Å². The molecule has 0 atom stereocenters. The molecule has 2 nitrogen and oxygen atoms in total. The van der Waals surface area contributed by atoms with Crippen LogP contribution in [0.3, 0.4) is 0 Å². The first-order valence-corrected chi connectivity index (χ1v) is 6.87. The minimum Gasteiger partial charge on any atom is -0.389 e. The largest absolute Gasteiger partial charge is 0.389 e. The van der Waals surface area contributed by atoms with Crippen molar-refractivity contribution < 1.29 is 4.39 Å². The van der Waals surface area contributed by atoms with E-state index in [0.29, 0.717) is 5.56 Å². The summed E-state index contributed by atoms with van der Waals surface area (Å²) in [5, 5.41) is 0. The lowest BCUT2D eigenvalue weighted by atomic mass is 9.94. The lowest BCUT2D eigenvalue weighted by molar-refractivity contribution is 0.395. The van der Waals surface area contributed by atoms with Gasteiger partial charge in [0.2, 0.25) is 0 Å². The van der Waals surface area contributed by atoms with Crippen molar-refractivity contribution in [3.63, 3.8) is 0 Å². The lowest BCUT2D eigenvalue weighted by Crippen LogP contribution is -2.33. The predicted molar refractivity (Wildman–Crippen MR) is 77.5 cm³/mol. The Labute approximate surface area is 113 Å². The molecule has 0 saturated carbocycles. The molecule has 0 aliphatic carbocycles. The summed E-state index contributed by atoms with van der Waals surface area (Å²) in [7, 11) is 0. The van der Waals surface area contributed by atoms with E-state index in [9.17, 15) is 4.39 Å². The molecular formula is C14H19FN2S. The molecular weight excluding hydrogens is 247 g/mol. The second kappa shape index (κ2) is 5.65. The van der Waals surface area contributed by atoms with Crippen LogP contribution in [0.2, 0.25) is 0 Å². The molecule has 1 aromatic carbocycles. The summed E-state index contributed by atoms with van der Waals surface area (Å²) in [5.41, 5.74) is 6.72. The summed E-state index contributed by atoms with van der Waals surface area (Å²) in [6.07, 6.45) is 3.62. The second-order valence-electron chi connectivity index (χ2n) is 4.87. The van der Waals surface area contributed by atoms with Crippen LogP contribution in [-0.2, 0) is 0 Å². The Bertz CT molecular complexity index is 439. The summed E-state index contributed by atoms with van der Waals surface area (Å²) >= 11 is 4.80. The molecule has 98 valence electrons. The first-order chi connectivity index (χ1) is 8.61. The van der Waals surface area contributed by atoms with Crippen LogP contribution >= 0.6 is 12.2 Å². The number of thiocarbonyl (C=S) groups is 1. The van der Waals surface area contributed by atoms with Crippen LogP contribution in [-0.4, -0.2) is 18.1 Å². The summed E-state index contributed by atoms with van der Waals surface area (Å²) in [5.74, 6) is 0.500. The zero-order chi connectivity index (χ0) is 13.1. The van der Waals surface area contributed by atoms with E-state index in [0.717, 1.165) is 24.7 Å². The molecule has 0 bridgehead atoms. The lowest BCUT2D eigenvalue weighted by Gasteiger charge is -2.33. The third kappa shape index (κ3) is 2.80. The van der Waals surface area contributed by atoms with Gasteiger partial charge >= 0.3 is 0 Å². The monoisotopic (exact) mass is 266 g/mol. The standard InChI is InChI=1S/C14H19FN2S/c1-2-10-5-7-17(8-6-10)11-3-4-12(14(16)18)13(15)9-11/h3-4,9-10H,2,5-8H2,1H3,(H2,16,18). The molecule has 2 N–H and O–H groups in total. The van der Waals surface area contributed by atoms with E-state index >= 15 is 0 Å². The average molecular weight is 266 g/mol. The van der Waals surface area contributed by atoms with Crippen LogP contribution in [0.15, 0.2) is 18.2 Å². The Morgan fingerprint density at radius 3 is 2.61 bits per heavy atom. The van der Waals surface area contributed by atoms with Gasteiger partial charge in [0.25, 0.3) is 0 Å². The first-order valence-electron chi connectivity index (χ1n) is 6.46. The summed E-state index contributed by atoms with van der Waals surface area (Å²) < 4.78 is 13.8. The van der Waals surface area contributed by atoms with E-state index in [-0.39, 0.29) is 10.8 Å². The topological polar surface area (TPSA) is 29.3 Å². The maximum atomic E-state index is 13.8. The SMILES string of the molecule is CCC1CCN(c2ccc(C(N)=S)c(F)c2)CC1. The first kappa shape index (κ1) is 13.3. The van der Waals surface area contributed by atoms with Gasteiger partial charge in [-0.2, -0.15) is 0 Å². The second-order valence-corrected chi connectivity index (χ2v) is 5.31. The van der Waals surface area contributed by atoms with Crippen molar-refractivity contribution in [2.45, 2.75) is 26.2 Å². The molecule has 0 unspecified atom stereocenters. The zero-order valence-electron chi connectivity index (χ0n) is 10.7. The predicted octanol–water partition coefficient (Wildman–Crippen LogP) is 3.09. The number of piperidine rings is 1. The Morgan fingerprint density at radius 2 is 2.11 bits per heavy atom. The summed E-state index contributed by atoms with van der Waals surface area (Å²) in [6, 6.07) is 5.13. The number of hydrogen-bond acceptors (Lipinski definition) is 2.